The van der Waals surface area contributed by atoms with Gasteiger partial charge in [0.25, 0.3) is 0 Å². The number of rotatable bonds is 5. The van der Waals surface area contributed by atoms with Gasteiger partial charge >= 0.3 is 53.8 Å². The first-order valence-corrected chi connectivity index (χ1v) is 7.78. The molecule has 2 rings (SSSR count). The molecule has 0 radical (unpaired) electrons. The Labute approximate surface area is 174 Å². The summed E-state index contributed by atoms with van der Waals surface area (Å²) < 4.78 is 9.59. The predicted molar refractivity (Wildman–Crippen MR) is 79.8 cm³/mol. The Bertz CT molecular complexity index is 425. The maximum Gasteiger partial charge on any atom is 1.00 e. The van der Waals surface area contributed by atoms with Gasteiger partial charge in [0.15, 0.2) is 0 Å². The average Bonchev–Trinajstić information content (AvgIpc) is 3.42. The second kappa shape index (κ2) is 21.7. The molecule has 2 atom stereocenters. The van der Waals surface area contributed by atoms with Gasteiger partial charge in [0.05, 0.1) is 25.0 Å². The predicted octanol–water partition coefficient (Wildman–Crippen LogP) is -1.78. The summed E-state index contributed by atoms with van der Waals surface area (Å²) in [6.07, 6.45) is 4.75. The fraction of sp³-hybridized carbons (Fsp3) is 0.750. The molecule has 144 valence electrons. The first-order valence-electron chi connectivity index (χ1n) is 7.78. The zero-order valence-electron chi connectivity index (χ0n) is 15.7. The molecule has 9 nitrogen and oxygen atoms in total. The Balaban J connectivity index is -0.000000137. The van der Waals surface area contributed by atoms with E-state index in [1.807, 2.05) is 13.8 Å². The largest absolute Gasteiger partial charge is 1.00 e. The first kappa shape index (κ1) is 32.3. The molecule has 1 N–H and O–H groups in total. The molecular weight excluding hydrogens is 359 g/mol. The Morgan fingerprint density at radius 1 is 0.885 bits per heavy atom. The van der Waals surface area contributed by atoms with Crippen LogP contribution in [0, 0.1) is 17.8 Å². The summed E-state index contributed by atoms with van der Waals surface area (Å²) in [6.45, 7) is 6.84. The molecule has 0 aromatic rings. The van der Waals surface area contributed by atoms with E-state index in [1.54, 1.807) is 0 Å². The number of carbonyl (C=O) groups excluding carboxylic acids is 6. The van der Waals surface area contributed by atoms with Crippen molar-refractivity contribution < 1.29 is 73.3 Å². The summed E-state index contributed by atoms with van der Waals surface area (Å²) >= 11 is 0. The Kier molecular flexibility index (Phi) is 27.0. The Morgan fingerprint density at radius 3 is 1.54 bits per heavy atom. The summed E-state index contributed by atoms with van der Waals surface area (Å²) in [5, 5.41) is 0. The molecule has 0 amide bonds. The van der Waals surface area contributed by atoms with Gasteiger partial charge in [-0.15, -0.1) is 0 Å². The fourth-order valence-corrected chi connectivity index (χ4v) is 1.82. The molecule has 0 aromatic carbocycles. The summed E-state index contributed by atoms with van der Waals surface area (Å²) in [4.78, 5) is 54.0. The van der Waals surface area contributed by atoms with Crippen molar-refractivity contribution in [2.75, 3.05) is 13.2 Å². The standard InChI is InChI=1S/C8H14O2.C6H10O2.2CO2.Na.H2O/c1-3-6-5-7(6)8(9)10-4-2;1-2-8-6(7)5-3-4-5;2*2-1-3;;/h6-7H,3-5H2,1-2H3;5H,2-4H2,1H3;;;;1H2/q;;;;+1;/p-1/t6-,7-;;;;;/m0...../s1. The van der Waals surface area contributed by atoms with Crippen LogP contribution in [0.25, 0.3) is 0 Å². The van der Waals surface area contributed by atoms with Gasteiger partial charge < -0.3 is 14.9 Å². The molecule has 0 aliphatic heterocycles. The number of hydrogen-bond acceptors (Lipinski definition) is 9. The van der Waals surface area contributed by atoms with Gasteiger partial charge in [-0.25, -0.2) is 0 Å². The first-order chi connectivity index (χ1) is 11.5. The summed E-state index contributed by atoms with van der Waals surface area (Å²) in [5.74, 6) is 1.13. The van der Waals surface area contributed by atoms with Gasteiger partial charge in [0.1, 0.15) is 0 Å². The third kappa shape index (κ3) is 19.0. The fourth-order valence-electron chi connectivity index (χ4n) is 1.82. The van der Waals surface area contributed by atoms with Crippen molar-refractivity contribution in [3.05, 3.63) is 0 Å². The van der Waals surface area contributed by atoms with E-state index in [0.717, 1.165) is 25.7 Å². The molecule has 0 heterocycles. The van der Waals surface area contributed by atoms with Crippen molar-refractivity contribution in [3.63, 3.8) is 0 Å². The van der Waals surface area contributed by atoms with Crippen molar-refractivity contribution in [3.8, 4) is 0 Å². The van der Waals surface area contributed by atoms with E-state index in [2.05, 4.69) is 6.92 Å². The summed E-state index contributed by atoms with van der Waals surface area (Å²) in [6, 6.07) is 0. The topological polar surface area (TPSA) is 151 Å². The van der Waals surface area contributed by atoms with Crippen LogP contribution in [0.15, 0.2) is 0 Å². The molecule has 0 saturated heterocycles. The minimum atomic E-state index is -0.00694. The van der Waals surface area contributed by atoms with Crippen molar-refractivity contribution in [1.82, 2.24) is 0 Å². The smallest absolute Gasteiger partial charge is 0.870 e. The van der Waals surface area contributed by atoms with Crippen LogP contribution < -0.4 is 29.6 Å². The molecule has 26 heavy (non-hydrogen) atoms. The number of hydrogen-bond donors (Lipinski definition) is 0. The van der Waals surface area contributed by atoms with Crippen LogP contribution in [0.5, 0.6) is 0 Å². The van der Waals surface area contributed by atoms with E-state index >= 15 is 0 Å². The maximum atomic E-state index is 11.0. The van der Waals surface area contributed by atoms with Crippen LogP contribution in [-0.4, -0.2) is 42.9 Å². The van der Waals surface area contributed by atoms with Crippen LogP contribution >= 0.6 is 0 Å². The number of esters is 2. The van der Waals surface area contributed by atoms with Gasteiger partial charge in [0.2, 0.25) is 0 Å². The second-order valence-electron chi connectivity index (χ2n) is 4.96. The number of ether oxygens (including phenoxy) is 2. The summed E-state index contributed by atoms with van der Waals surface area (Å²) in [5.41, 5.74) is 0. The Morgan fingerprint density at radius 2 is 1.27 bits per heavy atom. The molecule has 2 fully saturated rings. The van der Waals surface area contributed by atoms with Gasteiger partial charge in [-0.2, -0.15) is 19.2 Å². The third-order valence-corrected chi connectivity index (χ3v) is 3.23. The van der Waals surface area contributed by atoms with Crippen LogP contribution in [0.1, 0.15) is 46.5 Å². The monoisotopic (exact) mass is 384 g/mol. The SMILES string of the molecule is CCOC(=O)C1CC1.CCOC(=O)[C@H]1C[C@@H]1CC.O=C=O.O=C=O.[Na+].[OH-]. The maximum absolute atomic E-state index is 11.0. The minimum absolute atomic E-state index is 0. The van der Waals surface area contributed by atoms with Crippen molar-refractivity contribution in [2.24, 2.45) is 17.8 Å². The van der Waals surface area contributed by atoms with Gasteiger partial charge in [-0.05, 0) is 39.0 Å². The van der Waals surface area contributed by atoms with E-state index in [0.29, 0.717) is 19.1 Å². The van der Waals surface area contributed by atoms with Crippen LogP contribution in [0.2, 0.25) is 0 Å². The molecule has 10 heteroatoms. The molecule has 0 bridgehead atoms. The van der Waals surface area contributed by atoms with E-state index in [9.17, 15) is 9.59 Å². The zero-order chi connectivity index (χ0) is 19.0. The molecule has 0 aromatic heterocycles. The van der Waals surface area contributed by atoms with Crippen LogP contribution in [0.3, 0.4) is 0 Å². The van der Waals surface area contributed by atoms with Crippen LogP contribution in [0.4, 0.5) is 0 Å². The zero-order valence-corrected chi connectivity index (χ0v) is 17.7. The van der Waals surface area contributed by atoms with E-state index in [1.165, 1.54) is 0 Å². The van der Waals surface area contributed by atoms with Gasteiger partial charge in [-0.3, -0.25) is 9.59 Å². The van der Waals surface area contributed by atoms with Crippen molar-refractivity contribution in [1.29, 1.82) is 0 Å². The Hall–Kier alpha value is -1.34. The molecule has 2 saturated carbocycles. The second-order valence-corrected chi connectivity index (χ2v) is 4.96. The number of carbonyl (C=O) groups is 2. The van der Waals surface area contributed by atoms with E-state index in [4.69, 9.17) is 28.7 Å². The molecule has 2 aliphatic rings. The van der Waals surface area contributed by atoms with Crippen LogP contribution in [-0.2, 0) is 38.2 Å². The normalized spacial score (nSPS) is 17.7. The van der Waals surface area contributed by atoms with Crippen molar-refractivity contribution >= 4 is 24.2 Å². The minimum Gasteiger partial charge on any atom is -0.870 e. The molecule has 2 aliphatic carbocycles. The average molecular weight is 384 g/mol. The molecular formula is C16H25NaO9. The van der Waals surface area contributed by atoms with E-state index < -0.39 is 0 Å². The quantitative estimate of drug-likeness (QED) is 0.395. The van der Waals surface area contributed by atoms with Crippen molar-refractivity contribution in [2.45, 2.75) is 46.5 Å². The van der Waals surface area contributed by atoms with Gasteiger partial charge in [-0.1, -0.05) is 13.3 Å². The third-order valence-electron chi connectivity index (χ3n) is 3.23. The molecule has 0 unspecified atom stereocenters. The summed E-state index contributed by atoms with van der Waals surface area (Å²) in [7, 11) is 0. The van der Waals surface area contributed by atoms with E-state index in [-0.39, 0.29) is 71.1 Å². The van der Waals surface area contributed by atoms with Gasteiger partial charge in [0, 0.05) is 0 Å². The molecule has 0 spiro atoms.